The molecule has 80 valence electrons. The number of rotatable bonds is 1. The van der Waals surface area contributed by atoms with Gasteiger partial charge in [0.25, 0.3) is 0 Å². The van der Waals surface area contributed by atoms with E-state index in [1.807, 2.05) is 24.3 Å². The second-order valence-corrected chi connectivity index (χ2v) is 4.54. The third-order valence-electron chi connectivity index (χ3n) is 2.48. The van der Waals surface area contributed by atoms with Crippen molar-refractivity contribution in [2.45, 2.75) is 12.5 Å². The van der Waals surface area contributed by atoms with Crippen molar-refractivity contribution in [2.75, 3.05) is 13.1 Å². The number of nitrogens with one attached hydrogen (secondary N) is 2. The van der Waals surface area contributed by atoms with E-state index in [0.29, 0.717) is 6.42 Å². The minimum atomic E-state index is 0.0908. The molecule has 0 aliphatic carbocycles. The summed E-state index contributed by atoms with van der Waals surface area (Å²) in [6.45, 7) is 1.56. The van der Waals surface area contributed by atoms with E-state index in [9.17, 15) is 4.79 Å². The van der Waals surface area contributed by atoms with Gasteiger partial charge in [0.2, 0.25) is 5.91 Å². The highest BCUT2D eigenvalue weighted by Crippen LogP contribution is 2.17. The van der Waals surface area contributed by atoms with Crippen molar-refractivity contribution < 1.29 is 4.79 Å². The van der Waals surface area contributed by atoms with Crippen LogP contribution in [0, 0.1) is 0 Å². The highest BCUT2D eigenvalue weighted by Gasteiger charge is 2.17. The van der Waals surface area contributed by atoms with Gasteiger partial charge < -0.3 is 10.6 Å². The minimum absolute atomic E-state index is 0.0908. The summed E-state index contributed by atoms with van der Waals surface area (Å²) >= 11 is 3.39. The van der Waals surface area contributed by atoms with Crippen LogP contribution in [0.3, 0.4) is 0 Å². The van der Waals surface area contributed by atoms with Gasteiger partial charge in [-0.05, 0) is 17.7 Å². The summed E-state index contributed by atoms with van der Waals surface area (Å²) in [6.07, 6.45) is 0.563. The van der Waals surface area contributed by atoms with Crippen molar-refractivity contribution in [3.05, 3.63) is 34.3 Å². The summed E-state index contributed by atoms with van der Waals surface area (Å²) < 4.78 is 1.05. The molecule has 1 saturated heterocycles. The third kappa shape index (κ3) is 2.79. The van der Waals surface area contributed by atoms with Crippen LogP contribution in [0.5, 0.6) is 0 Å². The molecule has 1 fully saturated rings. The van der Waals surface area contributed by atoms with Gasteiger partial charge in [0.05, 0.1) is 6.04 Å². The lowest BCUT2D eigenvalue weighted by molar-refractivity contribution is -0.121. The average molecular weight is 269 g/mol. The molecule has 0 spiro atoms. The number of carbonyl (C=O) groups excluding carboxylic acids is 1. The Hall–Kier alpha value is -0.870. The first-order valence-corrected chi connectivity index (χ1v) is 5.80. The Balaban J connectivity index is 2.14. The Labute approximate surface area is 97.4 Å². The van der Waals surface area contributed by atoms with E-state index in [1.54, 1.807) is 0 Å². The predicted octanol–water partition coefficient (Wildman–Crippen LogP) is 1.60. The largest absolute Gasteiger partial charge is 0.348 e. The molecule has 1 amide bonds. The maximum absolute atomic E-state index is 11.4. The number of benzene rings is 1. The van der Waals surface area contributed by atoms with Gasteiger partial charge in [-0.1, -0.05) is 28.1 Å². The fourth-order valence-electron chi connectivity index (χ4n) is 1.66. The molecule has 1 aliphatic heterocycles. The van der Waals surface area contributed by atoms with Crippen molar-refractivity contribution >= 4 is 21.8 Å². The van der Waals surface area contributed by atoms with Crippen LogP contribution in [0.4, 0.5) is 0 Å². The summed E-state index contributed by atoms with van der Waals surface area (Å²) in [5, 5.41) is 6.24. The zero-order chi connectivity index (χ0) is 10.7. The Morgan fingerprint density at radius 2 is 2.00 bits per heavy atom. The maximum atomic E-state index is 11.4. The molecule has 1 aromatic rings. The van der Waals surface area contributed by atoms with E-state index in [1.165, 1.54) is 0 Å². The Morgan fingerprint density at radius 3 is 2.73 bits per heavy atom. The summed E-state index contributed by atoms with van der Waals surface area (Å²) in [4.78, 5) is 11.4. The molecule has 15 heavy (non-hydrogen) atoms. The first kappa shape index (κ1) is 10.6. The normalized spacial score (nSPS) is 21.9. The van der Waals surface area contributed by atoms with Crippen LogP contribution in [-0.4, -0.2) is 19.0 Å². The maximum Gasteiger partial charge on any atom is 0.221 e. The predicted molar refractivity (Wildman–Crippen MR) is 62.5 cm³/mol. The molecule has 1 heterocycles. The van der Waals surface area contributed by atoms with Crippen molar-refractivity contribution in [1.29, 1.82) is 0 Å². The lowest BCUT2D eigenvalue weighted by Crippen LogP contribution is -2.30. The first-order chi connectivity index (χ1) is 7.25. The fraction of sp³-hybridized carbons (Fsp3) is 0.364. The van der Waals surface area contributed by atoms with Crippen LogP contribution >= 0.6 is 15.9 Å². The second-order valence-electron chi connectivity index (χ2n) is 3.63. The SMILES string of the molecule is O=C1CCNCC(c2ccc(Br)cc2)N1. The molecule has 1 aliphatic rings. The third-order valence-corrected chi connectivity index (χ3v) is 3.01. The number of amides is 1. The lowest BCUT2D eigenvalue weighted by Gasteiger charge is -2.16. The topological polar surface area (TPSA) is 41.1 Å². The van der Waals surface area contributed by atoms with Gasteiger partial charge in [-0.3, -0.25) is 4.79 Å². The zero-order valence-electron chi connectivity index (χ0n) is 8.29. The van der Waals surface area contributed by atoms with Crippen LogP contribution in [0.2, 0.25) is 0 Å². The van der Waals surface area contributed by atoms with Gasteiger partial charge in [-0.2, -0.15) is 0 Å². The number of hydrogen-bond acceptors (Lipinski definition) is 2. The standard InChI is InChI=1S/C11H13BrN2O/c12-9-3-1-8(2-4-9)10-7-13-6-5-11(15)14-10/h1-4,10,13H,5-7H2,(H,14,15). The molecule has 3 nitrogen and oxygen atoms in total. The van der Waals surface area contributed by atoms with Gasteiger partial charge >= 0.3 is 0 Å². The van der Waals surface area contributed by atoms with Crippen LogP contribution in [0.25, 0.3) is 0 Å². The molecule has 1 atom stereocenters. The summed E-state index contributed by atoms with van der Waals surface area (Å²) in [6, 6.07) is 8.14. The second kappa shape index (κ2) is 4.77. The lowest BCUT2D eigenvalue weighted by atomic mass is 10.1. The zero-order valence-corrected chi connectivity index (χ0v) is 9.88. The van der Waals surface area contributed by atoms with Gasteiger partial charge in [0.15, 0.2) is 0 Å². The van der Waals surface area contributed by atoms with Crippen molar-refractivity contribution in [1.82, 2.24) is 10.6 Å². The van der Waals surface area contributed by atoms with Gasteiger partial charge in [-0.15, -0.1) is 0 Å². The first-order valence-electron chi connectivity index (χ1n) is 5.01. The number of hydrogen-bond donors (Lipinski definition) is 2. The molecule has 0 bridgehead atoms. The van der Waals surface area contributed by atoms with Gasteiger partial charge in [0, 0.05) is 24.0 Å². The smallest absolute Gasteiger partial charge is 0.221 e. The monoisotopic (exact) mass is 268 g/mol. The van der Waals surface area contributed by atoms with E-state index in [2.05, 4.69) is 26.6 Å². The van der Waals surface area contributed by atoms with Crippen molar-refractivity contribution in [2.24, 2.45) is 0 Å². The Kier molecular flexibility index (Phi) is 3.38. The molecule has 2 rings (SSSR count). The van der Waals surface area contributed by atoms with Crippen molar-refractivity contribution in [3.63, 3.8) is 0 Å². The average Bonchev–Trinajstić information content (AvgIpc) is 2.44. The van der Waals surface area contributed by atoms with Crippen LogP contribution < -0.4 is 10.6 Å². The van der Waals surface area contributed by atoms with Crippen LogP contribution in [0.15, 0.2) is 28.7 Å². The molecule has 4 heteroatoms. The summed E-state index contributed by atoms with van der Waals surface area (Å²) in [5.41, 5.74) is 1.14. The fourth-order valence-corrected chi connectivity index (χ4v) is 1.93. The minimum Gasteiger partial charge on any atom is -0.348 e. The van der Waals surface area contributed by atoms with E-state index < -0.39 is 0 Å². The van der Waals surface area contributed by atoms with E-state index in [0.717, 1.165) is 23.1 Å². The highest BCUT2D eigenvalue weighted by molar-refractivity contribution is 9.10. The van der Waals surface area contributed by atoms with Crippen LogP contribution in [0.1, 0.15) is 18.0 Å². The Bertz CT molecular complexity index is 350. The molecule has 1 unspecified atom stereocenters. The van der Waals surface area contributed by atoms with Gasteiger partial charge in [-0.25, -0.2) is 0 Å². The molecular weight excluding hydrogens is 256 g/mol. The van der Waals surface area contributed by atoms with E-state index >= 15 is 0 Å². The molecule has 0 saturated carbocycles. The molecule has 0 radical (unpaired) electrons. The molecule has 0 aromatic heterocycles. The molecule has 1 aromatic carbocycles. The van der Waals surface area contributed by atoms with Crippen molar-refractivity contribution in [3.8, 4) is 0 Å². The summed E-state index contributed by atoms with van der Waals surface area (Å²) in [5.74, 6) is 0.118. The summed E-state index contributed by atoms with van der Waals surface area (Å²) in [7, 11) is 0. The van der Waals surface area contributed by atoms with E-state index in [-0.39, 0.29) is 11.9 Å². The number of carbonyl (C=O) groups is 1. The Morgan fingerprint density at radius 1 is 1.27 bits per heavy atom. The van der Waals surface area contributed by atoms with Crippen LogP contribution in [-0.2, 0) is 4.79 Å². The molecular formula is C11H13BrN2O. The molecule has 2 N–H and O–H groups in total. The number of halogens is 1. The van der Waals surface area contributed by atoms with E-state index in [4.69, 9.17) is 0 Å². The van der Waals surface area contributed by atoms with Gasteiger partial charge in [0.1, 0.15) is 0 Å². The highest BCUT2D eigenvalue weighted by atomic mass is 79.9. The quantitative estimate of drug-likeness (QED) is 0.813.